The maximum Gasteiger partial charge on any atom is 0.321 e. The molecule has 3 amide bonds. The second kappa shape index (κ2) is 9.39. The molecule has 2 heterocycles. The van der Waals surface area contributed by atoms with Crippen LogP contribution in [-0.2, 0) is 4.79 Å². The summed E-state index contributed by atoms with van der Waals surface area (Å²) in [5.41, 5.74) is 1.86. The van der Waals surface area contributed by atoms with Crippen molar-refractivity contribution in [2.45, 2.75) is 12.8 Å². The fourth-order valence-electron chi connectivity index (χ4n) is 4.20. The second-order valence-electron chi connectivity index (χ2n) is 7.87. The molecule has 2 aromatic rings. The first-order valence-corrected chi connectivity index (χ1v) is 10.9. The minimum absolute atomic E-state index is 0.127. The fourth-order valence-corrected chi connectivity index (χ4v) is 4.39. The number of hydrogen-bond acceptors (Lipinski definition) is 3. The van der Waals surface area contributed by atoms with Gasteiger partial charge in [-0.1, -0.05) is 35.9 Å². The Morgan fingerprint density at radius 2 is 1.67 bits per heavy atom. The van der Waals surface area contributed by atoms with E-state index in [4.69, 9.17) is 11.6 Å². The van der Waals surface area contributed by atoms with Crippen LogP contribution in [0.4, 0.5) is 16.2 Å². The summed E-state index contributed by atoms with van der Waals surface area (Å²) in [6.45, 7) is 4.13. The third kappa shape index (κ3) is 4.87. The summed E-state index contributed by atoms with van der Waals surface area (Å²) in [6, 6.07) is 17.1. The van der Waals surface area contributed by atoms with Crippen molar-refractivity contribution in [3.8, 4) is 0 Å². The van der Waals surface area contributed by atoms with E-state index >= 15 is 0 Å². The minimum Gasteiger partial charge on any atom is -0.368 e. The average Bonchev–Trinajstić information content (AvgIpc) is 2.79. The lowest BCUT2D eigenvalue weighted by Gasteiger charge is -2.39. The normalized spacial score (nSPS) is 19.5. The Kier molecular flexibility index (Phi) is 6.43. The van der Waals surface area contributed by atoms with Gasteiger partial charge in [-0.2, -0.15) is 0 Å². The molecule has 158 valence electrons. The van der Waals surface area contributed by atoms with Crippen LogP contribution in [0.2, 0.25) is 5.02 Å². The predicted octanol–water partition coefficient (Wildman–Crippen LogP) is 3.93. The molecule has 0 aromatic heterocycles. The molecule has 2 saturated heterocycles. The molecule has 6 nitrogen and oxygen atoms in total. The van der Waals surface area contributed by atoms with E-state index in [0.717, 1.165) is 42.3 Å². The highest BCUT2D eigenvalue weighted by molar-refractivity contribution is 6.30. The van der Waals surface area contributed by atoms with Crippen LogP contribution in [0.3, 0.4) is 0 Å². The number of anilines is 2. The lowest BCUT2D eigenvalue weighted by atomic mass is 9.96. The fraction of sp³-hybridized carbons (Fsp3) is 0.391. The van der Waals surface area contributed by atoms with E-state index in [1.54, 1.807) is 4.90 Å². The van der Waals surface area contributed by atoms with Gasteiger partial charge in [0.1, 0.15) is 0 Å². The number of nitrogens with one attached hydrogen (secondary N) is 1. The minimum atomic E-state index is -0.135. The Morgan fingerprint density at radius 1 is 0.900 bits per heavy atom. The molecule has 4 rings (SSSR count). The first kappa shape index (κ1) is 20.5. The Bertz CT molecular complexity index is 884. The summed E-state index contributed by atoms with van der Waals surface area (Å²) in [4.78, 5) is 31.7. The molecule has 0 saturated carbocycles. The average molecular weight is 427 g/mol. The molecule has 7 heteroatoms. The number of hydrogen-bond donors (Lipinski definition) is 1. The standard InChI is InChI=1S/C23H27ClN4O2/c24-19-7-4-10-21(16-19)26-12-14-27(15-13-26)22(29)18-6-5-11-28(17-18)23(30)25-20-8-2-1-3-9-20/h1-4,7-10,16,18H,5-6,11-15,17H2,(H,25,30)/t18-/m0/s1. The second-order valence-corrected chi connectivity index (χ2v) is 8.31. The number of amides is 3. The van der Waals surface area contributed by atoms with E-state index in [2.05, 4.69) is 10.2 Å². The van der Waals surface area contributed by atoms with Crippen LogP contribution >= 0.6 is 11.6 Å². The first-order chi connectivity index (χ1) is 14.6. The van der Waals surface area contributed by atoms with Crippen LogP contribution < -0.4 is 10.2 Å². The molecule has 0 radical (unpaired) electrons. The summed E-state index contributed by atoms with van der Waals surface area (Å²) < 4.78 is 0. The van der Waals surface area contributed by atoms with Gasteiger partial charge in [0.2, 0.25) is 5.91 Å². The van der Waals surface area contributed by atoms with Gasteiger partial charge in [0, 0.05) is 55.7 Å². The van der Waals surface area contributed by atoms with Crippen LogP contribution in [0.5, 0.6) is 0 Å². The predicted molar refractivity (Wildman–Crippen MR) is 120 cm³/mol. The van der Waals surface area contributed by atoms with Crippen LogP contribution in [0.25, 0.3) is 0 Å². The maximum atomic E-state index is 13.1. The lowest BCUT2D eigenvalue weighted by Crippen LogP contribution is -2.53. The van der Waals surface area contributed by atoms with Crippen molar-refractivity contribution in [1.29, 1.82) is 0 Å². The molecule has 0 unspecified atom stereocenters. The number of carbonyl (C=O) groups is 2. The molecule has 2 aliphatic heterocycles. The number of carbonyl (C=O) groups excluding carboxylic acids is 2. The van der Waals surface area contributed by atoms with Gasteiger partial charge < -0.3 is 20.0 Å². The van der Waals surface area contributed by atoms with E-state index in [9.17, 15) is 9.59 Å². The number of piperazine rings is 1. The largest absolute Gasteiger partial charge is 0.368 e. The van der Waals surface area contributed by atoms with Gasteiger partial charge in [-0.25, -0.2) is 4.79 Å². The summed E-state index contributed by atoms with van der Waals surface area (Å²) in [7, 11) is 0. The highest BCUT2D eigenvalue weighted by Gasteiger charge is 2.32. The van der Waals surface area contributed by atoms with Gasteiger partial charge >= 0.3 is 6.03 Å². The zero-order chi connectivity index (χ0) is 20.9. The molecule has 0 aliphatic carbocycles. The molecule has 1 N–H and O–H groups in total. The Hall–Kier alpha value is -2.73. The molecule has 30 heavy (non-hydrogen) atoms. The Labute approximate surface area is 182 Å². The number of piperidine rings is 1. The van der Waals surface area contributed by atoms with Crippen molar-refractivity contribution in [2.75, 3.05) is 49.5 Å². The number of benzene rings is 2. The van der Waals surface area contributed by atoms with Crippen molar-refractivity contribution in [3.63, 3.8) is 0 Å². The first-order valence-electron chi connectivity index (χ1n) is 10.5. The van der Waals surface area contributed by atoms with Gasteiger partial charge in [0.05, 0.1) is 5.92 Å². The van der Waals surface area contributed by atoms with Crippen molar-refractivity contribution < 1.29 is 9.59 Å². The summed E-state index contributed by atoms with van der Waals surface area (Å²) in [5, 5.41) is 3.65. The zero-order valence-electron chi connectivity index (χ0n) is 17.0. The van der Waals surface area contributed by atoms with Crippen LogP contribution in [0.1, 0.15) is 12.8 Å². The van der Waals surface area contributed by atoms with E-state index in [-0.39, 0.29) is 17.9 Å². The van der Waals surface area contributed by atoms with E-state index in [1.165, 1.54) is 0 Å². The van der Waals surface area contributed by atoms with E-state index < -0.39 is 0 Å². The van der Waals surface area contributed by atoms with Crippen molar-refractivity contribution >= 4 is 34.9 Å². The van der Waals surface area contributed by atoms with Gasteiger partial charge in [-0.05, 0) is 43.2 Å². The number of likely N-dealkylation sites (tertiary alicyclic amines) is 1. The summed E-state index contributed by atoms with van der Waals surface area (Å²) in [5.74, 6) is 0.0379. The molecular formula is C23H27ClN4O2. The topological polar surface area (TPSA) is 55.9 Å². The Morgan fingerprint density at radius 3 is 2.40 bits per heavy atom. The number of para-hydroxylation sites is 1. The van der Waals surface area contributed by atoms with E-state index in [0.29, 0.717) is 26.2 Å². The number of urea groups is 1. The van der Waals surface area contributed by atoms with Crippen molar-refractivity contribution in [3.05, 3.63) is 59.6 Å². The molecule has 0 bridgehead atoms. The number of nitrogens with zero attached hydrogens (tertiary/aromatic N) is 3. The van der Waals surface area contributed by atoms with Gasteiger partial charge in [-0.15, -0.1) is 0 Å². The quantitative estimate of drug-likeness (QED) is 0.808. The van der Waals surface area contributed by atoms with Crippen LogP contribution in [0, 0.1) is 5.92 Å². The highest BCUT2D eigenvalue weighted by atomic mass is 35.5. The molecule has 1 atom stereocenters. The van der Waals surface area contributed by atoms with Gasteiger partial charge in [-0.3, -0.25) is 4.79 Å². The molecule has 0 spiro atoms. The van der Waals surface area contributed by atoms with Crippen LogP contribution in [0.15, 0.2) is 54.6 Å². The monoisotopic (exact) mass is 426 g/mol. The smallest absolute Gasteiger partial charge is 0.321 e. The van der Waals surface area contributed by atoms with E-state index in [1.807, 2.05) is 59.5 Å². The molecule has 2 aromatic carbocycles. The zero-order valence-corrected chi connectivity index (χ0v) is 17.7. The third-order valence-corrected chi connectivity index (χ3v) is 6.08. The molecule has 2 fully saturated rings. The summed E-state index contributed by atoms with van der Waals surface area (Å²) in [6.07, 6.45) is 1.68. The van der Waals surface area contributed by atoms with Gasteiger partial charge in [0.25, 0.3) is 0 Å². The SMILES string of the molecule is O=C(Nc1ccccc1)N1CCC[C@H](C(=O)N2CCN(c3cccc(Cl)c3)CC2)C1. The van der Waals surface area contributed by atoms with Gasteiger partial charge in [0.15, 0.2) is 0 Å². The molecule has 2 aliphatic rings. The highest BCUT2D eigenvalue weighted by Crippen LogP contribution is 2.23. The third-order valence-electron chi connectivity index (χ3n) is 5.85. The number of halogens is 1. The lowest BCUT2D eigenvalue weighted by molar-refractivity contribution is -0.137. The summed E-state index contributed by atoms with van der Waals surface area (Å²) >= 11 is 6.11. The van der Waals surface area contributed by atoms with Crippen molar-refractivity contribution in [1.82, 2.24) is 9.80 Å². The maximum absolute atomic E-state index is 13.1. The van der Waals surface area contributed by atoms with Crippen LogP contribution in [-0.4, -0.2) is 61.0 Å². The molecular weight excluding hydrogens is 400 g/mol. The Balaban J connectivity index is 1.31. The number of rotatable bonds is 3. The van der Waals surface area contributed by atoms with Crippen molar-refractivity contribution in [2.24, 2.45) is 5.92 Å².